The van der Waals surface area contributed by atoms with Gasteiger partial charge in [0.05, 0.1) is 12.3 Å². The third-order valence-electron chi connectivity index (χ3n) is 1.90. The van der Waals surface area contributed by atoms with Gasteiger partial charge in [-0.25, -0.2) is 0 Å². The second-order valence-corrected chi connectivity index (χ2v) is 4.60. The third-order valence-corrected chi connectivity index (χ3v) is 1.90. The average Bonchev–Trinajstić information content (AvgIpc) is 2.25. The number of hydrogen-bond acceptors (Lipinski definition) is 4. The zero-order chi connectivity index (χ0) is 11.6. The standard InChI is InChI=1S/C10H15NO4/c1-10(2,3)15-8(13)5-6-4-7(12)11-9(6)14/h6H,4-5H2,1-3H3,(H,11,12,14). The fourth-order valence-corrected chi connectivity index (χ4v) is 1.36. The SMILES string of the molecule is CC(C)(C)OC(=O)CC1CC(=O)NC1=O. The summed E-state index contributed by atoms with van der Waals surface area (Å²) in [6, 6.07) is 0. The van der Waals surface area contributed by atoms with E-state index in [9.17, 15) is 14.4 Å². The van der Waals surface area contributed by atoms with Crippen LogP contribution in [0.1, 0.15) is 33.6 Å². The van der Waals surface area contributed by atoms with Crippen molar-refractivity contribution in [1.82, 2.24) is 5.32 Å². The second kappa shape index (κ2) is 4.00. The summed E-state index contributed by atoms with van der Waals surface area (Å²) < 4.78 is 5.05. The van der Waals surface area contributed by atoms with Crippen molar-refractivity contribution in [3.63, 3.8) is 0 Å². The average molecular weight is 213 g/mol. The molecule has 1 atom stereocenters. The molecule has 2 amide bonds. The molecule has 0 saturated carbocycles. The Bertz CT molecular complexity index is 303. The summed E-state index contributed by atoms with van der Waals surface area (Å²) in [5.41, 5.74) is -0.559. The summed E-state index contributed by atoms with van der Waals surface area (Å²) in [6.07, 6.45) is 0.0485. The van der Waals surface area contributed by atoms with Crippen LogP contribution in [0, 0.1) is 5.92 Å². The predicted molar refractivity (Wildman–Crippen MR) is 51.7 cm³/mol. The maximum atomic E-state index is 11.4. The van der Waals surface area contributed by atoms with Crippen molar-refractivity contribution in [2.45, 2.75) is 39.2 Å². The number of esters is 1. The van der Waals surface area contributed by atoms with Crippen molar-refractivity contribution in [3.8, 4) is 0 Å². The molecule has 5 nitrogen and oxygen atoms in total. The fourth-order valence-electron chi connectivity index (χ4n) is 1.36. The number of amides is 2. The van der Waals surface area contributed by atoms with Crippen LogP contribution in [0.25, 0.3) is 0 Å². The monoisotopic (exact) mass is 213 g/mol. The van der Waals surface area contributed by atoms with E-state index in [0.717, 1.165) is 0 Å². The number of imide groups is 1. The Labute approximate surface area is 88.2 Å². The van der Waals surface area contributed by atoms with Gasteiger partial charge < -0.3 is 4.74 Å². The molecular formula is C10H15NO4. The lowest BCUT2D eigenvalue weighted by Crippen LogP contribution is -2.27. The lowest BCUT2D eigenvalue weighted by molar-refractivity contribution is -0.156. The molecule has 15 heavy (non-hydrogen) atoms. The van der Waals surface area contributed by atoms with Gasteiger partial charge in [-0.05, 0) is 20.8 Å². The van der Waals surface area contributed by atoms with Crippen LogP contribution in [0.5, 0.6) is 0 Å². The Morgan fingerprint density at radius 1 is 1.47 bits per heavy atom. The van der Waals surface area contributed by atoms with E-state index >= 15 is 0 Å². The van der Waals surface area contributed by atoms with Crippen molar-refractivity contribution in [2.24, 2.45) is 5.92 Å². The summed E-state index contributed by atoms with van der Waals surface area (Å²) in [7, 11) is 0. The van der Waals surface area contributed by atoms with E-state index in [1.54, 1.807) is 20.8 Å². The molecule has 0 aromatic carbocycles. The van der Waals surface area contributed by atoms with Gasteiger partial charge in [-0.15, -0.1) is 0 Å². The quantitative estimate of drug-likeness (QED) is 0.531. The molecule has 1 saturated heterocycles. The molecule has 0 bridgehead atoms. The van der Waals surface area contributed by atoms with Crippen LogP contribution in [0.15, 0.2) is 0 Å². The highest BCUT2D eigenvalue weighted by Crippen LogP contribution is 2.17. The molecule has 1 rings (SSSR count). The number of carbonyl (C=O) groups is 3. The molecule has 0 aliphatic carbocycles. The molecular weight excluding hydrogens is 198 g/mol. The first-order valence-electron chi connectivity index (χ1n) is 4.83. The lowest BCUT2D eigenvalue weighted by Gasteiger charge is -2.20. The van der Waals surface area contributed by atoms with Crippen LogP contribution >= 0.6 is 0 Å². The summed E-state index contributed by atoms with van der Waals surface area (Å²) in [4.78, 5) is 33.3. The molecule has 5 heteroatoms. The number of ether oxygens (including phenoxy) is 1. The second-order valence-electron chi connectivity index (χ2n) is 4.60. The topological polar surface area (TPSA) is 72.5 Å². The number of nitrogens with one attached hydrogen (secondary N) is 1. The van der Waals surface area contributed by atoms with Crippen LogP contribution < -0.4 is 5.32 Å². The van der Waals surface area contributed by atoms with E-state index in [1.165, 1.54) is 0 Å². The van der Waals surface area contributed by atoms with E-state index in [4.69, 9.17) is 4.74 Å². The van der Waals surface area contributed by atoms with Crippen molar-refractivity contribution in [2.75, 3.05) is 0 Å². The maximum Gasteiger partial charge on any atom is 0.307 e. The molecule has 0 aromatic rings. The van der Waals surface area contributed by atoms with E-state index in [0.29, 0.717) is 0 Å². The number of carbonyl (C=O) groups excluding carboxylic acids is 3. The normalized spacial score (nSPS) is 21.4. The minimum absolute atomic E-state index is 0.0329. The molecule has 1 aliphatic rings. The van der Waals surface area contributed by atoms with Gasteiger partial charge in [0.1, 0.15) is 5.60 Å². The molecule has 1 N–H and O–H groups in total. The van der Waals surface area contributed by atoms with Crippen LogP contribution in [0.4, 0.5) is 0 Å². The predicted octanol–water partition coefficient (Wildman–Crippen LogP) is 0.381. The summed E-state index contributed by atoms with van der Waals surface area (Å²) in [6.45, 7) is 5.26. The molecule has 1 heterocycles. The molecule has 84 valence electrons. The van der Waals surface area contributed by atoms with E-state index in [2.05, 4.69) is 5.32 Å². The molecule has 1 aliphatic heterocycles. The number of hydrogen-bond donors (Lipinski definition) is 1. The molecule has 0 spiro atoms. The van der Waals surface area contributed by atoms with E-state index in [-0.39, 0.29) is 24.7 Å². The van der Waals surface area contributed by atoms with Crippen LogP contribution in [-0.4, -0.2) is 23.4 Å². The summed E-state index contributed by atoms with van der Waals surface area (Å²) in [5.74, 6) is -1.72. The first-order valence-corrected chi connectivity index (χ1v) is 4.83. The van der Waals surface area contributed by atoms with Gasteiger partial charge in [-0.3, -0.25) is 19.7 Å². The van der Waals surface area contributed by atoms with Crippen molar-refractivity contribution >= 4 is 17.8 Å². The van der Waals surface area contributed by atoms with E-state index in [1.807, 2.05) is 0 Å². The molecule has 0 radical (unpaired) electrons. The third kappa shape index (κ3) is 3.69. The Morgan fingerprint density at radius 3 is 2.47 bits per heavy atom. The minimum Gasteiger partial charge on any atom is -0.460 e. The lowest BCUT2D eigenvalue weighted by atomic mass is 10.0. The Morgan fingerprint density at radius 2 is 2.07 bits per heavy atom. The van der Waals surface area contributed by atoms with Gasteiger partial charge in [-0.2, -0.15) is 0 Å². The van der Waals surface area contributed by atoms with Gasteiger partial charge in [0.2, 0.25) is 11.8 Å². The molecule has 1 unspecified atom stereocenters. The highest BCUT2D eigenvalue weighted by atomic mass is 16.6. The maximum absolute atomic E-state index is 11.4. The van der Waals surface area contributed by atoms with Crippen molar-refractivity contribution < 1.29 is 19.1 Å². The Hall–Kier alpha value is -1.39. The summed E-state index contributed by atoms with van der Waals surface area (Å²) >= 11 is 0. The largest absolute Gasteiger partial charge is 0.460 e. The first kappa shape index (κ1) is 11.7. The van der Waals surface area contributed by atoms with Crippen LogP contribution in [-0.2, 0) is 19.1 Å². The van der Waals surface area contributed by atoms with Gasteiger partial charge in [0.25, 0.3) is 0 Å². The summed E-state index contributed by atoms with van der Waals surface area (Å²) in [5, 5.41) is 2.15. The van der Waals surface area contributed by atoms with Crippen LogP contribution in [0.2, 0.25) is 0 Å². The fraction of sp³-hybridized carbons (Fsp3) is 0.700. The van der Waals surface area contributed by atoms with Gasteiger partial charge >= 0.3 is 5.97 Å². The zero-order valence-electron chi connectivity index (χ0n) is 9.12. The Balaban J connectivity index is 2.45. The van der Waals surface area contributed by atoms with Crippen molar-refractivity contribution in [1.29, 1.82) is 0 Å². The first-order chi connectivity index (χ1) is 6.78. The van der Waals surface area contributed by atoms with Crippen molar-refractivity contribution in [3.05, 3.63) is 0 Å². The smallest absolute Gasteiger partial charge is 0.307 e. The van der Waals surface area contributed by atoms with Gasteiger partial charge in [0.15, 0.2) is 0 Å². The number of rotatable bonds is 2. The molecule has 1 fully saturated rings. The van der Waals surface area contributed by atoms with E-state index < -0.39 is 17.5 Å². The van der Waals surface area contributed by atoms with Gasteiger partial charge in [-0.1, -0.05) is 0 Å². The highest BCUT2D eigenvalue weighted by molar-refractivity contribution is 6.04. The molecule has 0 aromatic heterocycles. The Kier molecular flexibility index (Phi) is 3.12. The van der Waals surface area contributed by atoms with Crippen LogP contribution in [0.3, 0.4) is 0 Å². The highest BCUT2D eigenvalue weighted by Gasteiger charge is 2.33. The minimum atomic E-state index is -0.563. The van der Waals surface area contributed by atoms with Gasteiger partial charge in [0, 0.05) is 6.42 Å². The zero-order valence-corrected chi connectivity index (χ0v) is 9.12.